The molecule has 0 N–H and O–H groups in total. The Hall–Kier alpha value is -11.4. The van der Waals surface area contributed by atoms with E-state index in [-0.39, 0.29) is 11.6 Å². The molecule has 13 aromatic carbocycles. The van der Waals surface area contributed by atoms with Crippen LogP contribution in [0.3, 0.4) is 0 Å². The van der Waals surface area contributed by atoms with E-state index in [0.717, 1.165) is 117 Å². The monoisotopic (exact) mass is 1150 g/mol. The minimum Gasteiger partial charge on any atom is -0.457 e. The minimum atomic E-state index is -0.913. The fourth-order valence-electron chi connectivity index (χ4n) is 13.8. The maximum Gasteiger partial charge on any atom is 0.127 e. The summed E-state index contributed by atoms with van der Waals surface area (Å²) in [4.78, 5) is 2.37. The molecule has 5 heteroatoms. The Morgan fingerprint density at radius 3 is 1.04 bits per heavy atom. The number of hydrogen-bond donors (Lipinski definition) is 0. The van der Waals surface area contributed by atoms with E-state index in [1.54, 1.807) is 24.3 Å². The summed E-state index contributed by atoms with van der Waals surface area (Å²) in [5, 5.41) is 0. The lowest BCUT2D eigenvalue weighted by Crippen LogP contribution is -2.29. The second kappa shape index (κ2) is 22.5. The van der Waals surface area contributed by atoms with Gasteiger partial charge in [0, 0.05) is 17.1 Å². The lowest BCUT2D eigenvalue weighted by atomic mass is 9.67. The molecule has 0 saturated heterocycles. The fourth-order valence-corrected chi connectivity index (χ4v) is 13.8. The molecular formula is C84H57F2NO2. The van der Waals surface area contributed by atoms with Gasteiger partial charge in [-0.1, -0.05) is 226 Å². The van der Waals surface area contributed by atoms with Gasteiger partial charge in [0.1, 0.15) is 34.6 Å². The molecule has 0 saturated carbocycles. The van der Waals surface area contributed by atoms with E-state index in [1.165, 1.54) is 0 Å². The zero-order valence-electron chi connectivity index (χ0n) is 48.5. The summed E-state index contributed by atoms with van der Waals surface area (Å²) in [7, 11) is 0. The molecule has 2 atom stereocenters. The van der Waals surface area contributed by atoms with Crippen LogP contribution in [0.1, 0.15) is 55.6 Å². The van der Waals surface area contributed by atoms with Gasteiger partial charge in [-0.3, -0.25) is 0 Å². The van der Waals surface area contributed by atoms with E-state index in [4.69, 9.17) is 9.47 Å². The molecule has 0 amide bonds. The third kappa shape index (κ3) is 9.34. The maximum atomic E-state index is 15.4. The minimum absolute atomic E-state index is 0.315. The average molecular weight is 1150 g/mol. The number of benzene rings is 13. The molecule has 13 aromatic rings. The molecule has 0 heterocycles. The smallest absolute Gasteiger partial charge is 0.127 e. The van der Waals surface area contributed by atoms with Gasteiger partial charge >= 0.3 is 0 Å². The van der Waals surface area contributed by atoms with Gasteiger partial charge in [-0.25, -0.2) is 8.78 Å². The molecule has 2 unspecified atom stereocenters. The summed E-state index contributed by atoms with van der Waals surface area (Å²) >= 11 is 0. The first-order valence-corrected chi connectivity index (χ1v) is 29.9. The highest BCUT2D eigenvalue weighted by molar-refractivity contribution is 5.94. The summed E-state index contributed by atoms with van der Waals surface area (Å²) in [5.41, 5.74) is 19.7. The van der Waals surface area contributed by atoms with Crippen LogP contribution in [0.5, 0.6) is 23.0 Å². The molecule has 89 heavy (non-hydrogen) atoms. The molecule has 424 valence electrons. The number of rotatable bonds is 15. The Balaban J connectivity index is 0.952. The number of fused-ring (bicyclic) bond motifs is 6. The van der Waals surface area contributed by atoms with Gasteiger partial charge in [0.2, 0.25) is 0 Å². The zero-order chi connectivity index (χ0) is 60.1. The topological polar surface area (TPSA) is 21.7 Å². The molecule has 0 aliphatic heterocycles. The van der Waals surface area contributed by atoms with Gasteiger partial charge in [-0.05, 0) is 209 Å². The van der Waals surface area contributed by atoms with Gasteiger partial charge in [0.15, 0.2) is 0 Å². The maximum absolute atomic E-state index is 15.4. The van der Waals surface area contributed by atoms with Crippen molar-refractivity contribution in [2.45, 2.75) is 10.8 Å². The third-order valence-corrected chi connectivity index (χ3v) is 17.8. The highest BCUT2D eigenvalue weighted by Gasteiger charge is 2.48. The number of ether oxygens (including phenoxy) is 2. The Kier molecular flexibility index (Phi) is 13.7. The molecule has 15 rings (SSSR count). The summed E-state index contributed by atoms with van der Waals surface area (Å²) in [5.74, 6) is 2.16. The summed E-state index contributed by atoms with van der Waals surface area (Å²) < 4.78 is 43.6. The van der Waals surface area contributed by atoms with Crippen LogP contribution in [0.15, 0.2) is 323 Å². The van der Waals surface area contributed by atoms with Crippen LogP contribution in [0.25, 0.3) is 56.7 Å². The van der Waals surface area contributed by atoms with E-state index < -0.39 is 10.8 Å². The van der Waals surface area contributed by atoms with Gasteiger partial charge < -0.3 is 14.4 Å². The van der Waals surface area contributed by atoms with Gasteiger partial charge in [-0.2, -0.15) is 0 Å². The van der Waals surface area contributed by atoms with Crippen LogP contribution in [0.2, 0.25) is 0 Å². The first-order chi connectivity index (χ1) is 43.8. The Bertz CT molecular complexity index is 4560. The van der Waals surface area contributed by atoms with Crippen molar-refractivity contribution in [2.75, 3.05) is 4.90 Å². The summed E-state index contributed by atoms with van der Waals surface area (Å²) in [6.07, 6.45) is 3.63. The number of hydrogen-bond acceptors (Lipinski definition) is 3. The van der Waals surface area contributed by atoms with E-state index in [2.05, 4.69) is 200 Å². The van der Waals surface area contributed by atoms with Crippen LogP contribution < -0.4 is 14.4 Å². The molecule has 0 bridgehead atoms. The van der Waals surface area contributed by atoms with Crippen LogP contribution in [0, 0.1) is 11.6 Å². The van der Waals surface area contributed by atoms with Crippen LogP contribution >= 0.6 is 0 Å². The molecular weight excluding hydrogens is 1090 g/mol. The van der Waals surface area contributed by atoms with Gasteiger partial charge in [0.05, 0.1) is 10.8 Å². The Labute approximate surface area is 517 Å². The lowest BCUT2D eigenvalue weighted by molar-refractivity contribution is 0.482. The van der Waals surface area contributed by atoms with E-state index in [0.29, 0.717) is 23.0 Å². The fraction of sp³-hybridized carbons (Fsp3) is 0.0238. The predicted molar refractivity (Wildman–Crippen MR) is 360 cm³/mol. The molecule has 2 aliphatic carbocycles. The van der Waals surface area contributed by atoms with Crippen LogP contribution in [-0.4, -0.2) is 0 Å². The number of halogens is 2. The lowest BCUT2D eigenvalue weighted by Gasteiger charge is -2.36. The zero-order valence-corrected chi connectivity index (χ0v) is 48.5. The normalized spacial score (nSPS) is 15.0. The van der Waals surface area contributed by atoms with E-state index in [9.17, 15) is 0 Å². The van der Waals surface area contributed by atoms with Crippen molar-refractivity contribution >= 4 is 29.2 Å². The van der Waals surface area contributed by atoms with Crippen molar-refractivity contribution in [1.82, 2.24) is 0 Å². The average Bonchev–Trinajstić information content (AvgIpc) is 1.71. The third-order valence-electron chi connectivity index (χ3n) is 17.8. The molecule has 0 fully saturated rings. The standard InChI is InChI=1S/C84H57F2NO2/c1-3-56-25-43-69(44-26-56)88-71-47-33-62(34-48-71)83(60-29-37-64(85)38-30-60)79-23-12-10-21-75(79)77-51-41-67(54-81(77)83)87(66-18-14-17-59(53-66)74-20-9-8-19-73(74)58-15-6-5-7-16-58)68-42-52-78-76-22-11-13-24-80(76)84(82(78)55-68,61-31-39-65(86)40-32-61)63-35-49-72(50-36-63)89-70-45-27-57(4-2)28-46-70/h3-55H,1-2H2. The second-order valence-corrected chi connectivity index (χ2v) is 22.7. The van der Waals surface area contributed by atoms with Crippen molar-refractivity contribution < 1.29 is 18.3 Å². The molecule has 0 aromatic heterocycles. The van der Waals surface area contributed by atoms with Crippen molar-refractivity contribution in [3.8, 4) is 67.5 Å². The van der Waals surface area contributed by atoms with E-state index in [1.807, 2.05) is 115 Å². The van der Waals surface area contributed by atoms with Crippen molar-refractivity contribution in [3.63, 3.8) is 0 Å². The highest BCUT2D eigenvalue weighted by atomic mass is 19.1. The van der Waals surface area contributed by atoms with Crippen molar-refractivity contribution in [1.29, 1.82) is 0 Å². The van der Waals surface area contributed by atoms with Crippen LogP contribution in [-0.2, 0) is 10.8 Å². The first kappa shape index (κ1) is 54.3. The molecule has 2 aliphatic rings. The molecule has 3 nitrogen and oxygen atoms in total. The van der Waals surface area contributed by atoms with Crippen LogP contribution in [0.4, 0.5) is 25.8 Å². The molecule has 0 spiro atoms. The highest BCUT2D eigenvalue weighted by Crippen LogP contribution is 2.60. The first-order valence-electron chi connectivity index (χ1n) is 29.9. The van der Waals surface area contributed by atoms with Gasteiger partial charge in [0.25, 0.3) is 0 Å². The number of anilines is 3. The van der Waals surface area contributed by atoms with Crippen molar-refractivity contribution in [2.24, 2.45) is 0 Å². The summed E-state index contributed by atoms with van der Waals surface area (Å²) in [6.45, 7) is 7.83. The van der Waals surface area contributed by atoms with Gasteiger partial charge in [-0.15, -0.1) is 0 Å². The second-order valence-electron chi connectivity index (χ2n) is 22.7. The van der Waals surface area contributed by atoms with E-state index >= 15 is 8.78 Å². The van der Waals surface area contributed by atoms with Crippen molar-refractivity contribution in [3.05, 3.63) is 390 Å². The SMILES string of the molecule is C=Cc1ccc(Oc2ccc(C3(c4ccc(F)cc4)c4ccccc4-c4ccc(N(c5cccc(-c6ccccc6-c6ccccc6)c5)c5ccc6c(c5)C(c5ccc(F)cc5)(c5ccc(Oc7ccc(C=C)cc7)cc5)c5ccccc5-6)cc43)cc2)cc1. The Morgan fingerprint density at radius 2 is 0.618 bits per heavy atom. The molecule has 0 radical (unpaired) electrons. The predicted octanol–water partition coefficient (Wildman–Crippen LogP) is 22.4. The Morgan fingerprint density at radius 1 is 0.281 bits per heavy atom. The quantitative estimate of drug-likeness (QED) is 0.102. The summed E-state index contributed by atoms with van der Waals surface area (Å²) in [6, 6.07) is 105. The largest absolute Gasteiger partial charge is 0.457 e. The number of nitrogens with zero attached hydrogens (tertiary/aromatic N) is 1.